The van der Waals surface area contributed by atoms with Gasteiger partial charge in [0.15, 0.2) is 0 Å². The van der Waals surface area contributed by atoms with E-state index in [0.29, 0.717) is 17.4 Å². The lowest BCUT2D eigenvalue weighted by molar-refractivity contribution is -0.154. The molecule has 3 heteroatoms. The van der Waals surface area contributed by atoms with Crippen LogP contribution in [0.25, 0.3) is 0 Å². The Bertz CT molecular complexity index is 443. The maximum Gasteiger partial charge on any atom is 0.341 e. The molecule has 3 nitrogen and oxygen atoms in total. The number of esters is 2. The molecule has 0 radical (unpaired) electrons. The van der Waals surface area contributed by atoms with E-state index in [9.17, 15) is 9.59 Å². The van der Waals surface area contributed by atoms with Gasteiger partial charge in [0, 0.05) is 11.1 Å². The smallest absolute Gasteiger partial charge is 0.341 e. The zero-order valence-electron chi connectivity index (χ0n) is 13.2. The third-order valence-electron chi connectivity index (χ3n) is 4.86. The van der Waals surface area contributed by atoms with E-state index < -0.39 is 11.9 Å². The van der Waals surface area contributed by atoms with Crippen molar-refractivity contribution in [3.63, 3.8) is 0 Å². The molecule has 2 fully saturated rings. The fourth-order valence-corrected chi connectivity index (χ4v) is 3.79. The minimum atomic E-state index is -0.614. The molecule has 116 valence electrons. The lowest BCUT2D eigenvalue weighted by Gasteiger charge is -2.23. The summed E-state index contributed by atoms with van der Waals surface area (Å²) >= 11 is 0. The monoisotopic (exact) mass is 290 g/mol. The maximum atomic E-state index is 12.3. The van der Waals surface area contributed by atoms with Gasteiger partial charge in [-0.05, 0) is 51.4 Å². The molecule has 0 heterocycles. The molecule has 0 spiro atoms. The van der Waals surface area contributed by atoms with Crippen molar-refractivity contribution in [2.75, 3.05) is 0 Å². The van der Waals surface area contributed by atoms with Crippen LogP contribution in [0.15, 0.2) is 23.3 Å². The van der Waals surface area contributed by atoms with Crippen LogP contribution in [0.3, 0.4) is 0 Å². The highest BCUT2D eigenvalue weighted by Gasteiger charge is 2.31. The van der Waals surface area contributed by atoms with Gasteiger partial charge in [0.25, 0.3) is 0 Å². The molecular weight excluding hydrogens is 264 g/mol. The standard InChI is InChI=1S/C18H26O3/c1-12(2)17(19)21-18(20)13(3)16(14-8-4-5-9-14)15-10-6-7-11-15/h14-15H,1,4-11H2,2-3H3. The second kappa shape index (κ2) is 7.06. The van der Waals surface area contributed by atoms with Gasteiger partial charge in [0.1, 0.15) is 0 Å². The number of carbonyl (C=O) groups is 2. The predicted molar refractivity (Wildman–Crippen MR) is 82.5 cm³/mol. The van der Waals surface area contributed by atoms with Gasteiger partial charge >= 0.3 is 11.9 Å². The molecule has 0 aromatic carbocycles. The third kappa shape index (κ3) is 3.84. The Morgan fingerprint density at radius 2 is 1.29 bits per heavy atom. The fraction of sp³-hybridized carbons (Fsp3) is 0.667. The van der Waals surface area contributed by atoms with Gasteiger partial charge in [0.05, 0.1) is 0 Å². The average molecular weight is 290 g/mol. The van der Waals surface area contributed by atoms with Crippen molar-refractivity contribution in [3.05, 3.63) is 23.3 Å². The quantitative estimate of drug-likeness (QED) is 0.440. The first-order valence-electron chi connectivity index (χ1n) is 8.13. The van der Waals surface area contributed by atoms with E-state index in [1.54, 1.807) is 6.92 Å². The molecule has 0 bridgehead atoms. The molecule has 2 aliphatic rings. The molecule has 2 saturated carbocycles. The molecular formula is C18H26O3. The highest BCUT2D eigenvalue weighted by molar-refractivity contribution is 6.01. The van der Waals surface area contributed by atoms with Gasteiger partial charge in [-0.3, -0.25) is 0 Å². The number of hydrogen-bond acceptors (Lipinski definition) is 3. The highest BCUT2D eigenvalue weighted by atomic mass is 16.6. The summed E-state index contributed by atoms with van der Waals surface area (Å²) in [5.41, 5.74) is 2.22. The highest BCUT2D eigenvalue weighted by Crippen LogP contribution is 2.42. The Kier molecular flexibility index (Phi) is 5.38. The summed E-state index contributed by atoms with van der Waals surface area (Å²) in [6.45, 7) is 6.92. The first-order valence-corrected chi connectivity index (χ1v) is 8.13. The van der Waals surface area contributed by atoms with E-state index in [1.165, 1.54) is 56.9 Å². The Hall–Kier alpha value is -1.38. The van der Waals surface area contributed by atoms with Crippen LogP contribution < -0.4 is 0 Å². The molecule has 0 saturated heterocycles. The van der Waals surface area contributed by atoms with Crippen LogP contribution in [0.4, 0.5) is 0 Å². The molecule has 0 aliphatic heterocycles. The van der Waals surface area contributed by atoms with Crippen molar-refractivity contribution >= 4 is 11.9 Å². The van der Waals surface area contributed by atoms with Crippen LogP contribution in [-0.2, 0) is 14.3 Å². The number of allylic oxidation sites excluding steroid dienone is 1. The van der Waals surface area contributed by atoms with E-state index in [4.69, 9.17) is 4.74 Å². The Morgan fingerprint density at radius 3 is 1.67 bits per heavy atom. The first-order chi connectivity index (χ1) is 10.0. The van der Waals surface area contributed by atoms with E-state index in [2.05, 4.69) is 6.58 Å². The van der Waals surface area contributed by atoms with Gasteiger partial charge in [-0.25, -0.2) is 9.59 Å². The molecule has 0 amide bonds. The van der Waals surface area contributed by atoms with Gasteiger partial charge < -0.3 is 4.74 Å². The zero-order chi connectivity index (χ0) is 15.4. The van der Waals surface area contributed by atoms with Crippen molar-refractivity contribution in [1.82, 2.24) is 0 Å². The van der Waals surface area contributed by atoms with Gasteiger partial charge in [0.2, 0.25) is 0 Å². The minimum absolute atomic E-state index is 0.263. The average Bonchev–Trinajstić information content (AvgIpc) is 3.12. The second-order valence-electron chi connectivity index (χ2n) is 6.50. The molecule has 2 aliphatic carbocycles. The van der Waals surface area contributed by atoms with Crippen LogP contribution >= 0.6 is 0 Å². The normalized spacial score (nSPS) is 19.5. The third-order valence-corrected chi connectivity index (χ3v) is 4.86. The van der Waals surface area contributed by atoms with E-state index in [1.807, 2.05) is 6.92 Å². The van der Waals surface area contributed by atoms with Crippen molar-refractivity contribution < 1.29 is 14.3 Å². The van der Waals surface area contributed by atoms with E-state index >= 15 is 0 Å². The Balaban J connectivity index is 2.21. The van der Waals surface area contributed by atoms with Crippen LogP contribution in [0.5, 0.6) is 0 Å². The van der Waals surface area contributed by atoms with E-state index in [-0.39, 0.29) is 5.57 Å². The summed E-state index contributed by atoms with van der Waals surface area (Å²) in [4.78, 5) is 23.8. The lowest BCUT2D eigenvalue weighted by Crippen LogP contribution is -2.19. The summed E-state index contributed by atoms with van der Waals surface area (Å²) < 4.78 is 4.94. The van der Waals surface area contributed by atoms with E-state index in [0.717, 1.165) is 0 Å². The lowest BCUT2D eigenvalue weighted by atomic mass is 9.82. The zero-order valence-corrected chi connectivity index (χ0v) is 13.2. The molecule has 0 atom stereocenters. The summed E-state index contributed by atoms with van der Waals surface area (Å²) in [5.74, 6) is -0.0606. The second-order valence-corrected chi connectivity index (χ2v) is 6.50. The number of rotatable bonds is 4. The van der Waals surface area contributed by atoms with Crippen molar-refractivity contribution in [3.8, 4) is 0 Å². The van der Waals surface area contributed by atoms with Gasteiger partial charge in [-0.15, -0.1) is 0 Å². The maximum absolute atomic E-state index is 12.3. The molecule has 0 unspecified atom stereocenters. The van der Waals surface area contributed by atoms with Crippen molar-refractivity contribution in [2.45, 2.75) is 65.2 Å². The predicted octanol–water partition coefficient (Wildman–Crippen LogP) is 4.33. The topological polar surface area (TPSA) is 43.4 Å². The Labute approximate surface area is 127 Å². The van der Waals surface area contributed by atoms with Crippen LogP contribution in [-0.4, -0.2) is 11.9 Å². The van der Waals surface area contributed by atoms with Crippen molar-refractivity contribution in [2.24, 2.45) is 11.8 Å². The summed E-state index contributed by atoms with van der Waals surface area (Å²) in [6, 6.07) is 0. The molecule has 21 heavy (non-hydrogen) atoms. The summed E-state index contributed by atoms with van der Waals surface area (Å²) in [5, 5.41) is 0. The largest absolute Gasteiger partial charge is 0.386 e. The Morgan fingerprint density at radius 1 is 0.857 bits per heavy atom. The summed E-state index contributed by atoms with van der Waals surface area (Å²) in [7, 11) is 0. The summed E-state index contributed by atoms with van der Waals surface area (Å²) in [6.07, 6.45) is 9.66. The molecule has 2 rings (SSSR count). The van der Waals surface area contributed by atoms with Crippen LogP contribution in [0.1, 0.15) is 65.2 Å². The fourth-order valence-electron chi connectivity index (χ4n) is 3.79. The van der Waals surface area contributed by atoms with Crippen molar-refractivity contribution in [1.29, 1.82) is 0 Å². The number of hydrogen-bond donors (Lipinski definition) is 0. The number of carbonyl (C=O) groups excluding carboxylic acids is 2. The SMILES string of the molecule is C=C(C)C(=O)OC(=O)C(C)=C(C1CCCC1)C1CCCC1. The first kappa shape index (κ1) is 16.0. The molecule has 0 aromatic rings. The number of ether oxygens (including phenoxy) is 1. The molecule has 0 aromatic heterocycles. The van der Waals surface area contributed by atoms with Gasteiger partial charge in [-0.2, -0.15) is 0 Å². The molecule has 0 N–H and O–H groups in total. The van der Waals surface area contributed by atoms with Crippen LogP contribution in [0, 0.1) is 11.8 Å². The van der Waals surface area contributed by atoms with Crippen LogP contribution in [0.2, 0.25) is 0 Å². The van der Waals surface area contributed by atoms with Gasteiger partial charge in [-0.1, -0.05) is 37.8 Å². The minimum Gasteiger partial charge on any atom is -0.386 e.